The average Bonchev–Trinajstić information content (AvgIpc) is 2.83. The molecule has 9 nitrogen and oxygen atoms in total. The molecule has 0 saturated heterocycles. The molecule has 0 bridgehead atoms. The van der Waals surface area contributed by atoms with E-state index in [0.717, 1.165) is 5.52 Å². The molecular formula is C13H13N7O2. The molecule has 2 aromatic rings. The Morgan fingerprint density at radius 1 is 1.59 bits per heavy atom. The van der Waals surface area contributed by atoms with Crippen molar-refractivity contribution in [3.63, 3.8) is 0 Å². The van der Waals surface area contributed by atoms with Crippen LogP contribution in [-0.4, -0.2) is 34.4 Å². The van der Waals surface area contributed by atoms with Gasteiger partial charge in [-0.2, -0.15) is 15.5 Å². The molecule has 0 aliphatic rings. The van der Waals surface area contributed by atoms with Crippen LogP contribution in [0.4, 0.5) is 5.69 Å². The number of nitrogens with one attached hydrogen (secondary N) is 2. The fourth-order valence-electron chi connectivity index (χ4n) is 1.85. The van der Waals surface area contributed by atoms with Crippen LogP contribution < -0.4 is 11.2 Å². The number of benzene rings is 1. The van der Waals surface area contributed by atoms with Gasteiger partial charge >= 0.3 is 5.97 Å². The van der Waals surface area contributed by atoms with Crippen molar-refractivity contribution in [3.8, 4) is 6.07 Å². The Bertz CT molecular complexity index is 829. The Kier molecular flexibility index (Phi) is 4.04. The summed E-state index contributed by atoms with van der Waals surface area (Å²) in [6.45, 7) is 0. The molecule has 0 saturated carbocycles. The molecule has 1 heterocycles. The number of carbonyl (C=O) groups is 1. The summed E-state index contributed by atoms with van der Waals surface area (Å²) in [4.78, 5) is 11.7. The molecule has 0 atom stereocenters. The van der Waals surface area contributed by atoms with Crippen LogP contribution >= 0.6 is 0 Å². The van der Waals surface area contributed by atoms with Gasteiger partial charge in [0.25, 0.3) is 0 Å². The highest BCUT2D eigenvalue weighted by Gasteiger charge is 2.16. The second-order valence-corrected chi connectivity index (χ2v) is 4.29. The number of carbonyl (C=O) groups excluding carboxylic acids is 1. The highest BCUT2D eigenvalue weighted by molar-refractivity contribution is 6.45. The lowest BCUT2D eigenvalue weighted by Crippen LogP contribution is -2.21. The van der Waals surface area contributed by atoms with Crippen LogP contribution in [0.2, 0.25) is 0 Å². The topological polar surface area (TPSA) is 142 Å². The van der Waals surface area contributed by atoms with Gasteiger partial charge in [0, 0.05) is 12.4 Å². The van der Waals surface area contributed by atoms with E-state index in [2.05, 4.69) is 15.6 Å². The Morgan fingerprint density at radius 3 is 2.91 bits per heavy atom. The van der Waals surface area contributed by atoms with Gasteiger partial charge in [-0.3, -0.25) is 15.5 Å². The van der Waals surface area contributed by atoms with Crippen LogP contribution in [0.25, 0.3) is 10.9 Å². The number of aromatic nitrogens is 2. The molecule has 112 valence electrons. The minimum atomic E-state index is -0.548. The largest absolute Gasteiger partial charge is 0.464 e. The number of aryl methyl sites for hydroxylation is 1. The first-order valence-electron chi connectivity index (χ1n) is 6.11. The second-order valence-electron chi connectivity index (χ2n) is 4.29. The summed E-state index contributed by atoms with van der Waals surface area (Å²) in [7, 11) is 2.99. The number of rotatable bonds is 4. The van der Waals surface area contributed by atoms with E-state index in [1.807, 2.05) is 0 Å². The zero-order chi connectivity index (χ0) is 16.3. The number of hydrazone groups is 1. The number of hydrogen-bond acceptors (Lipinski definition) is 7. The number of methoxy groups -OCH3 is 1. The molecule has 0 fully saturated rings. The van der Waals surface area contributed by atoms with E-state index in [9.17, 15) is 4.79 Å². The van der Waals surface area contributed by atoms with Crippen molar-refractivity contribution in [2.24, 2.45) is 17.9 Å². The zero-order valence-electron chi connectivity index (χ0n) is 11.9. The van der Waals surface area contributed by atoms with Crippen molar-refractivity contribution in [1.29, 1.82) is 10.7 Å². The van der Waals surface area contributed by atoms with Crippen LogP contribution in [0.5, 0.6) is 0 Å². The summed E-state index contributed by atoms with van der Waals surface area (Å²) in [5, 5.41) is 24.4. The fourth-order valence-corrected chi connectivity index (χ4v) is 1.85. The number of esters is 1. The van der Waals surface area contributed by atoms with Gasteiger partial charge in [0.1, 0.15) is 6.07 Å². The molecule has 0 spiro atoms. The first-order valence-corrected chi connectivity index (χ1v) is 6.11. The van der Waals surface area contributed by atoms with Gasteiger partial charge < -0.3 is 10.5 Å². The standard InChI is InChI=1S/C13H13N7O2/c1-20-10-4-3-7(17-18-9(6-14)12(15)16)5-8(10)11(19-20)13(21)22-2/h3-5,17H,1-2H3,(H3,15,16)/b18-9+. The smallest absolute Gasteiger partial charge is 0.359 e. The summed E-state index contributed by atoms with van der Waals surface area (Å²) >= 11 is 0. The summed E-state index contributed by atoms with van der Waals surface area (Å²) < 4.78 is 6.25. The maximum absolute atomic E-state index is 11.7. The number of ether oxygens (including phenoxy) is 1. The van der Waals surface area contributed by atoms with Gasteiger partial charge in [0.2, 0.25) is 5.71 Å². The lowest BCUT2D eigenvalue weighted by Gasteiger charge is -2.02. The van der Waals surface area contributed by atoms with Crippen molar-refractivity contribution in [1.82, 2.24) is 9.78 Å². The monoisotopic (exact) mass is 299 g/mol. The number of amidine groups is 1. The summed E-state index contributed by atoms with van der Waals surface area (Å²) in [6, 6.07) is 6.79. The summed E-state index contributed by atoms with van der Waals surface area (Å²) in [5.41, 5.74) is 9.02. The maximum atomic E-state index is 11.7. The highest BCUT2D eigenvalue weighted by Crippen LogP contribution is 2.22. The van der Waals surface area contributed by atoms with Crippen LogP contribution in [0, 0.1) is 16.7 Å². The molecule has 0 radical (unpaired) electrons. The lowest BCUT2D eigenvalue weighted by molar-refractivity contribution is 0.0595. The number of nitrogens with zero attached hydrogens (tertiary/aromatic N) is 4. The predicted molar refractivity (Wildman–Crippen MR) is 80.6 cm³/mol. The zero-order valence-corrected chi connectivity index (χ0v) is 11.9. The first kappa shape index (κ1) is 15.0. The van der Waals surface area contributed by atoms with E-state index in [-0.39, 0.29) is 11.4 Å². The van der Waals surface area contributed by atoms with Crippen molar-refractivity contribution in [2.45, 2.75) is 0 Å². The molecule has 0 unspecified atom stereocenters. The Morgan fingerprint density at radius 2 is 2.32 bits per heavy atom. The third kappa shape index (κ3) is 2.71. The Labute approximate surface area is 125 Å². The Balaban J connectivity index is 2.44. The molecule has 2 rings (SSSR count). The lowest BCUT2D eigenvalue weighted by atomic mass is 10.2. The molecule has 4 N–H and O–H groups in total. The van der Waals surface area contributed by atoms with Crippen molar-refractivity contribution >= 4 is 34.1 Å². The Hall–Kier alpha value is -3.41. The van der Waals surface area contributed by atoms with Gasteiger partial charge in [0.05, 0.1) is 18.3 Å². The normalized spacial score (nSPS) is 11.0. The van der Waals surface area contributed by atoms with Gasteiger partial charge in [-0.15, -0.1) is 0 Å². The van der Waals surface area contributed by atoms with Crippen LogP contribution in [0.1, 0.15) is 10.5 Å². The maximum Gasteiger partial charge on any atom is 0.359 e. The van der Waals surface area contributed by atoms with E-state index < -0.39 is 11.8 Å². The predicted octanol–water partition coefficient (Wildman–Crippen LogP) is 0.587. The molecular weight excluding hydrogens is 286 g/mol. The average molecular weight is 299 g/mol. The van der Waals surface area contributed by atoms with E-state index in [0.29, 0.717) is 11.1 Å². The highest BCUT2D eigenvalue weighted by atomic mass is 16.5. The second kappa shape index (κ2) is 5.92. The number of fused-ring (bicyclic) bond motifs is 1. The van der Waals surface area contributed by atoms with Gasteiger partial charge in [-0.05, 0) is 18.2 Å². The minimum Gasteiger partial charge on any atom is -0.464 e. The van der Waals surface area contributed by atoms with E-state index in [4.69, 9.17) is 21.1 Å². The molecule has 0 aliphatic heterocycles. The minimum absolute atomic E-state index is 0.180. The third-order valence-electron chi connectivity index (χ3n) is 2.89. The molecule has 9 heteroatoms. The number of hydrogen-bond donors (Lipinski definition) is 3. The molecule has 0 aliphatic carbocycles. The summed E-state index contributed by atoms with van der Waals surface area (Å²) in [5.74, 6) is -0.986. The van der Waals surface area contributed by atoms with Crippen molar-refractivity contribution < 1.29 is 9.53 Å². The molecule has 1 aromatic carbocycles. The van der Waals surface area contributed by atoms with Crippen molar-refractivity contribution in [2.75, 3.05) is 12.5 Å². The summed E-state index contributed by atoms with van der Waals surface area (Å²) in [6.07, 6.45) is 0. The van der Waals surface area contributed by atoms with Crippen LogP contribution in [-0.2, 0) is 11.8 Å². The molecule has 0 amide bonds. The van der Waals surface area contributed by atoms with Gasteiger partial charge in [-0.1, -0.05) is 0 Å². The molecule has 1 aromatic heterocycles. The molecule has 22 heavy (non-hydrogen) atoms. The van der Waals surface area contributed by atoms with E-state index >= 15 is 0 Å². The van der Waals surface area contributed by atoms with Crippen molar-refractivity contribution in [3.05, 3.63) is 23.9 Å². The van der Waals surface area contributed by atoms with Gasteiger partial charge in [-0.25, -0.2) is 4.79 Å². The van der Waals surface area contributed by atoms with Crippen LogP contribution in [0.15, 0.2) is 23.3 Å². The van der Waals surface area contributed by atoms with E-state index in [1.165, 1.54) is 7.11 Å². The quantitative estimate of drug-likeness (QED) is 0.326. The number of anilines is 1. The van der Waals surface area contributed by atoms with Crippen LogP contribution in [0.3, 0.4) is 0 Å². The SMILES string of the molecule is COC(=O)c1nn(C)c2ccc(N/N=C(\C#N)C(=N)N)cc12. The first-order chi connectivity index (χ1) is 10.5. The number of nitriles is 1. The fraction of sp³-hybridized carbons (Fsp3) is 0.154. The number of nitrogens with two attached hydrogens (primary N) is 1. The van der Waals surface area contributed by atoms with Gasteiger partial charge in [0.15, 0.2) is 11.5 Å². The third-order valence-corrected chi connectivity index (χ3v) is 2.89. The van der Waals surface area contributed by atoms with E-state index in [1.54, 1.807) is 36.0 Å².